The second-order valence-electron chi connectivity index (χ2n) is 5.85. The predicted octanol–water partition coefficient (Wildman–Crippen LogP) is 1.56. The molecule has 6 heteroatoms. The van der Waals surface area contributed by atoms with Gasteiger partial charge in [0, 0.05) is 25.1 Å². The van der Waals surface area contributed by atoms with Crippen LogP contribution in [0.25, 0.3) is 0 Å². The third-order valence-electron chi connectivity index (χ3n) is 3.89. The van der Waals surface area contributed by atoms with Gasteiger partial charge in [0.05, 0.1) is 11.9 Å². The van der Waals surface area contributed by atoms with E-state index in [1.807, 2.05) is 18.7 Å². The van der Waals surface area contributed by atoms with Gasteiger partial charge >= 0.3 is 0 Å². The van der Waals surface area contributed by atoms with Gasteiger partial charge in [-0.3, -0.25) is 4.79 Å². The zero-order chi connectivity index (χ0) is 15.4. The third-order valence-corrected chi connectivity index (χ3v) is 3.89. The lowest BCUT2D eigenvalue weighted by molar-refractivity contribution is 0.0719. The Bertz CT molecular complexity index is 504. The molecule has 2 rings (SSSR count). The molecule has 1 amide bonds. The van der Waals surface area contributed by atoms with Gasteiger partial charge in [0.1, 0.15) is 5.82 Å². The molecule has 116 valence electrons. The maximum absolute atomic E-state index is 12.7. The predicted molar refractivity (Wildman–Crippen MR) is 80.9 cm³/mol. The molecule has 0 aromatic carbocycles. The van der Waals surface area contributed by atoms with Crippen LogP contribution in [0.4, 0.5) is 5.69 Å². The Morgan fingerprint density at radius 1 is 1.57 bits per heavy atom. The summed E-state index contributed by atoms with van der Waals surface area (Å²) in [4.78, 5) is 23.1. The van der Waals surface area contributed by atoms with Gasteiger partial charge in [-0.1, -0.05) is 13.8 Å². The molecule has 0 spiro atoms. The van der Waals surface area contributed by atoms with E-state index in [0.717, 1.165) is 25.8 Å². The SMILES string of the molecule is CC(C)c1ncc(N)c(C(=O)N2CCCC2CCCO)n1. The van der Waals surface area contributed by atoms with Gasteiger partial charge in [0.15, 0.2) is 5.69 Å². The summed E-state index contributed by atoms with van der Waals surface area (Å²) in [6.07, 6.45) is 5.03. The molecule has 1 aromatic heterocycles. The van der Waals surface area contributed by atoms with Gasteiger partial charge in [-0.05, 0) is 25.7 Å². The standard InChI is InChI=1S/C15H24N4O2/c1-10(2)14-17-9-12(16)13(18-14)15(21)19-7-3-5-11(19)6-4-8-20/h9-11,20H,3-8,16H2,1-2H3. The number of anilines is 1. The maximum atomic E-state index is 12.7. The fourth-order valence-electron chi connectivity index (χ4n) is 2.72. The Labute approximate surface area is 125 Å². The lowest BCUT2D eigenvalue weighted by Crippen LogP contribution is -2.36. The van der Waals surface area contributed by atoms with Crippen LogP contribution in [0.5, 0.6) is 0 Å². The summed E-state index contributed by atoms with van der Waals surface area (Å²) < 4.78 is 0. The van der Waals surface area contributed by atoms with E-state index in [-0.39, 0.29) is 24.5 Å². The average Bonchev–Trinajstić information content (AvgIpc) is 2.93. The minimum Gasteiger partial charge on any atom is -0.396 e. The van der Waals surface area contributed by atoms with Gasteiger partial charge in [-0.2, -0.15) is 0 Å². The van der Waals surface area contributed by atoms with E-state index in [1.165, 1.54) is 6.20 Å². The molecule has 0 saturated carbocycles. The Hall–Kier alpha value is -1.69. The van der Waals surface area contributed by atoms with Crippen molar-refractivity contribution < 1.29 is 9.90 Å². The van der Waals surface area contributed by atoms with E-state index < -0.39 is 0 Å². The van der Waals surface area contributed by atoms with Crippen LogP contribution in [0, 0.1) is 0 Å². The number of nitrogens with zero attached hydrogens (tertiary/aromatic N) is 3. The summed E-state index contributed by atoms with van der Waals surface area (Å²) in [5.74, 6) is 0.678. The van der Waals surface area contributed by atoms with E-state index in [4.69, 9.17) is 10.8 Å². The minimum absolute atomic E-state index is 0.114. The monoisotopic (exact) mass is 292 g/mol. The summed E-state index contributed by atoms with van der Waals surface area (Å²) in [7, 11) is 0. The number of likely N-dealkylation sites (tertiary alicyclic amines) is 1. The van der Waals surface area contributed by atoms with E-state index in [0.29, 0.717) is 23.6 Å². The lowest BCUT2D eigenvalue weighted by Gasteiger charge is -2.25. The fourth-order valence-corrected chi connectivity index (χ4v) is 2.72. The summed E-state index contributed by atoms with van der Waals surface area (Å²) in [6, 6.07) is 0.182. The highest BCUT2D eigenvalue weighted by Gasteiger charge is 2.31. The number of nitrogen functional groups attached to an aromatic ring is 1. The summed E-state index contributed by atoms with van der Waals surface area (Å²) in [5.41, 5.74) is 6.53. The molecule has 1 unspecified atom stereocenters. The van der Waals surface area contributed by atoms with Gasteiger partial charge in [0.2, 0.25) is 0 Å². The molecule has 0 aliphatic carbocycles. The van der Waals surface area contributed by atoms with E-state index in [9.17, 15) is 4.79 Å². The zero-order valence-electron chi connectivity index (χ0n) is 12.7. The van der Waals surface area contributed by atoms with Crippen molar-refractivity contribution in [1.82, 2.24) is 14.9 Å². The fraction of sp³-hybridized carbons (Fsp3) is 0.667. The molecule has 21 heavy (non-hydrogen) atoms. The highest BCUT2D eigenvalue weighted by atomic mass is 16.3. The second kappa shape index (κ2) is 6.85. The van der Waals surface area contributed by atoms with Crippen molar-refractivity contribution >= 4 is 11.6 Å². The summed E-state index contributed by atoms with van der Waals surface area (Å²) in [5, 5.41) is 8.97. The first kappa shape index (κ1) is 15.7. The number of amides is 1. The summed E-state index contributed by atoms with van der Waals surface area (Å²) in [6.45, 7) is 4.86. The van der Waals surface area contributed by atoms with Crippen LogP contribution in [0.3, 0.4) is 0 Å². The summed E-state index contributed by atoms with van der Waals surface area (Å²) >= 11 is 0. The van der Waals surface area contributed by atoms with Crippen molar-refractivity contribution in [3.8, 4) is 0 Å². The number of hydrogen-bond donors (Lipinski definition) is 2. The van der Waals surface area contributed by atoms with Crippen LogP contribution < -0.4 is 5.73 Å². The topological polar surface area (TPSA) is 92.3 Å². The van der Waals surface area contributed by atoms with Crippen molar-refractivity contribution in [2.45, 2.75) is 51.5 Å². The van der Waals surface area contributed by atoms with Crippen molar-refractivity contribution in [3.05, 3.63) is 17.7 Å². The second-order valence-corrected chi connectivity index (χ2v) is 5.85. The van der Waals surface area contributed by atoms with Crippen LogP contribution in [-0.2, 0) is 0 Å². The largest absolute Gasteiger partial charge is 0.396 e. The van der Waals surface area contributed by atoms with Crippen molar-refractivity contribution in [2.75, 3.05) is 18.9 Å². The Balaban J connectivity index is 2.20. The Kier molecular flexibility index (Phi) is 5.12. The molecule has 1 aliphatic rings. The first-order valence-corrected chi connectivity index (χ1v) is 7.58. The Morgan fingerprint density at radius 2 is 2.33 bits per heavy atom. The maximum Gasteiger partial charge on any atom is 0.274 e. The molecule has 1 atom stereocenters. The zero-order valence-corrected chi connectivity index (χ0v) is 12.7. The van der Waals surface area contributed by atoms with Crippen molar-refractivity contribution in [2.24, 2.45) is 0 Å². The molecule has 0 radical (unpaired) electrons. The van der Waals surface area contributed by atoms with Crippen LogP contribution in [0.1, 0.15) is 61.8 Å². The number of aliphatic hydroxyl groups is 1. The van der Waals surface area contributed by atoms with E-state index in [2.05, 4.69) is 9.97 Å². The van der Waals surface area contributed by atoms with E-state index >= 15 is 0 Å². The molecule has 1 aliphatic heterocycles. The number of aromatic nitrogens is 2. The molecule has 0 bridgehead atoms. The molecular formula is C15H24N4O2. The first-order chi connectivity index (χ1) is 10.0. The molecule has 6 nitrogen and oxygen atoms in total. The third kappa shape index (κ3) is 3.50. The molecular weight excluding hydrogens is 268 g/mol. The van der Waals surface area contributed by atoms with Gasteiger partial charge in [-0.25, -0.2) is 9.97 Å². The van der Waals surface area contributed by atoms with Crippen molar-refractivity contribution in [1.29, 1.82) is 0 Å². The minimum atomic E-state index is -0.114. The molecule has 1 aromatic rings. The number of hydrogen-bond acceptors (Lipinski definition) is 5. The number of carbonyl (C=O) groups is 1. The van der Waals surface area contributed by atoms with Gasteiger partial charge in [0.25, 0.3) is 5.91 Å². The van der Waals surface area contributed by atoms with Crippen molar-refractivity contribution in [3.63, 3.8) is 0 Å². The Morgan fingerprint density at radius 3 is 3.00 bits per heavy atom. The first-order valence-electron chi connectivity index (χ1n) is 7.58. The number of aliphatic hydroxyl groups excluding tert-OH is 1. The molecule has 1 fully saturated rings. The average molecular weight is 292 g/mol. The lowest BCUT2D eigenvalue weighted by atomic mass is 10.1. The smallest absolute Gasteiger partial charge is 0.274 e. The number of rotatable bonds is 5. The van der Waals surface area contributed by atoms with Crippen LogP contribution >= 0.6 is 0 Å². The van der Waals surface area contributed by atoms with Crippen LogP contribution in [-0.4, -0.2) is 45.1 Å². The normalized spacial score (nSPS) is 18.5. The van der Waals surface area contributed by atoms with Gasteiger partial charge < -0.3 is 15.7 Å². The highest BCUT2D eigenvalue weighted by molar-refractivity contribution is 5.97. The number of nitrogens with two attached hydrogens (primary N) is 1. The molecule has 2 heterocycles. The quantitative estimate of drug-likeness (QED) is 0.859. The van der Waals surface area contributed by atoms with E-state index in [1.54, 1.807) is 0 Å². The van der Waals surface area contributed by atoms with Crippen LogP contribution in [0.2, 0.25) is 0 Å². The highest BCUT2D eigenvalue weighted by Crippen LogP contribution is 2.25. The van der Waals surface area contributed by atoms with Gasteiger partial charge in [-0.15, -0.1) is 0 Å². The molecule has 3 N–H and O–H groups in total. The van der Waals surface area contributed by atoms with Crippen LogP contribution in [0.15, 0.2) is 6.20 Å². The number of carbonyl (C=O) groups excluding carboxylic acids is 1. The molecule has 1 saturated heterocycles.